The summed E-state index contributed by atoms with van der Waals surface area (Å²) in [5, 5.41) is 0.860. The summed E-state index contributed by atoms with van der Waals surface area (Å²) < 4.78 is 27.2. The Hall–Kier alpha value is -2.60. The maximum atomic E-state index is 12.3. The van der Waals surface area contributed by atoms with E-state index in [0.29, 0.717) is 5.69 Å². The minimum atomic E-state index is -3.73. The minimum Gasteiger partial charge on any atom is -0.398 e. The van der Waals surface area contributed by atoms with Crippen molar-refractivity contribution >= 4 is 32.3 Å². The molecule has 3 N–H and O–H groups in total. The first-order valence-electron chi connectivity index (χ1n) is 6.28. The van der Waals surface area contributed by atoms with Crippen LogP contribution in [0.2, 0.25) is 0 Å². The number of hydrogen-bond donors (Lipinski definition) is 2. The van der Waals surface area contributed by atoms with Gasteiger partial charge in [0.1, 0.15) is 4.90 Å². The molecule has 0 saturated carbocycles. The number of para-hydroxylation sites is 2. The van der Waals surface area contributed by atoms with Gasteiger partial charge in [-0.2, -0.15) is 0 Å². The molecule has 0 unspecified atom stereocenters. The normalized spacial score (nSPS) is 11.4. The van der Waals surface area contributed by atoms with Gasteiger partial charge in [0.25, 0.3) is 10.0 Å². The smallest absolute Gasteiger partial charge is 0.263 e. The SMILES string of the molecule is Nc1ccccc1S(=O)(=O)Nc1cnc2ccccc2c1. The summed E-state index contributed by atoms with van der Waals surface area (Å²) in [6.45, 7) is 0. The fourth-order valence-electron chi connectivity index (χ4n) is 2.06. The Morgan fingerprint density at radius 2 is 1.71 bits per heavy atom. The van der Waals surface area contributed by atoms with Crippen molar-refractivity contribution in [1.82, 2.24) is 4.98 Å². The van der Waals surface area contributed by atoms with Gasteiger partial charge < -0.3 is 5.73 Å². The number of benzene rings is 2. The highest BCUT2D eigenvalue weighted by molar-refractivity contribution is 7.92. The topological polar surface area (TPSA) is 85.1 Å². The Balaban J connectivity index is 1.99. The molecule has 0 amide bonds. The van der Waals surface area contributed by atoms with Crippen LogP contribution in [0.3, 0.4) is 0 Å². The second kappa shape index (κ2) is 5.06. The lowest BCUT2D eigenvalue weighted by molar-refractivity contribution is 0.601. The third kappa shape index (κ3) is 2.66. The second-order valence-corrected chi connectivity index (χ2v) is 6.21. The first kappa shape index (κ1) is 13.4. The number of rotatable bonds is 3. The summed E-state index contributed by atoms with van der Waals surface area (Å²) in [5.74, 6) is 0. The number of sulfonamides is 1. The van der Waals surface area contributed by atoms with E-state index >= 15 is 0 Å². The van der Waals surface area contributed by atoms with E-state index in [1.165, 1.54) is 12.3 Å². The Morgan fingerprint density at radius 1 is 1.00 bits per heavy atom. The van der Waals surface area contributed by atoms with Crippen LogP contribution >= 0.6 is 0 Å². The van der Waals surface area contributed by atoms with Crippen LogP contribution in [-0.2, 0) is 10.0 Å². The number of fused-ring (bicyclic) bond motifs is 1. The van der Waals surface area contributed by atoms with Crippen molar-refractivity contribution in [2.24, 2.45) is 0 Å². The van der Waals surface area contributed by atoms with Crippen molar-refractivity contribution in [2.75, 3.05) is 10.5 Å². The van der Waals surface area contributed by atoms with E-state index in [4.69, 9.17) is 5.73 Å². The van der Waals surface area contributed by atoms with Crippen molar-refractivity contribution in [3.8, 4) is 0 Å². The molecule has 0 bridgehead atoms. The van der Waals surface area contributed by atoms with E-state index in [1.54, 1.807) is 24.3 Å². The molecule has 106 valence electrons. The molecule has 5 nitrogen and oxygen atoms in total. The number of pyridine rings is 1. The monoisotopic (exact) mass is 299 g/mol. The van der Waals surface area contributed by atoms with Crippen LogP contribution in [0.1, 0.15) is 0 Å². The zero-order valence-electron chi connectivity index (χ0n) is 11.0. The van der Waals surface area contributed by atoms with Crippen LogP contribution < -0.4 is 10.5 Å². The fourth-order valence-corrected chi connectivity index (χ4v) is 3.23. The van der Waals surface area contributed by atoms with E-state index < -0.39 is 10.0 Å². The number of hydrogen-bond acceptors (Lipinski definition) is 4. The average molecular weight is 299 g/mol. The van der Waals surface area contributed by atoms with Gasteiger partial charge in [0, 0.05) is 5.39 Å². The van der Waals surface area contributed by atoms with Crippen LogP contribution in [-0.4, -0.2) is 13.4 Å². The highest BCUT2D eigenvalue weighted by Gasteiger charge is 2.17. The van der Waals surface area contributed by atoms with Gasteiger partial charge in [-0.25, -0.2) is 8.42 Å². The summed E-state index contributed by atoms with van der Waals surface area (Å²) in [4.78, 5) is 4.28. The van der Waals surface area contributed by atoms with Gasteiger partial charge in [0.2, 0.25) is 0 Å². The van der Waals surface area contributed by atoms with Crippen molar-refractivity contribution in [1.29, 1.82) is 0 Å². The van der Waals surface area contributed by atoms with Crippen LogP contribution in [0.4, 0.5) is 11.4 Å². The van der Waals surface area contributed by atoms with E-state index in [-0.39, 0.29) is 10.6 Å². The molecule has 3 rings (SSSR count). The molecule has 0 saturated heterocycles. The number of aromatic nitrogens is 1. The standard InChI is InChI=1S/C15H13N3O2S/c16-13-6-2-4-8-15(13)21(19,20)18-12-9-11-5-1-3-7-14(11)17-10-12/h1-10,18H,16H2. The zero-order valence-corrected chi connectivity index (χ0v) is 11.8. The number of nitrogens with two attached hydrogens (primary N) is 1. The lowest BCUT2D eigenvalue weighted by atomic mass is 10.2. The summed E-state index contributed by atoms with van der Waals surface area (Å²) >= 11 is 0. The fraction of sp³-hybridized carbons (Fsp3) is 0. The van der Waals surface area contributed by atoms with E-state index in [2.05, 4.69) is 9.71 Å². The molecule has 21 heavy (non-hydrogen) atoms. The first-order chi connectivity index (χ1) is 10.1. The Kier molecular flexibility index (Phi) is 3.23. The Morgan fingerprint density at radius 3 is 2.52 bits per heavy atom. The predicted octanol–water partition coefficient (Wildman–Crippen LogP) is 2.62. The number of nitrogens with one attached hydrogen (secondary N) is 1. The molecule has 0 spiro atoms. The highest BCUT2D eigenvalue weighted by atomic mass is 32.2. The van der Waals surface area contributed by atoms with Crippen LogP contribution in [0.5, 0.6) is 0 Å². The summed E-state index contributed by atoms with van der Waals surface area (Å²) in [6, 6.07) is 15.6. The number of nitrogens with zero attached hydrogens (tertiary/aromatic N) is 1. The van der Waals surface area contributed by atoms with Crippen LogP contribution in [0.25, 0.3) is 10.9 Å². The van der Waals surface area contributed by atoms with Gasteiger partial charge >= 0.3 is 0 Å². The molecular formula is C15H13N3O2S. The maximum Gasteiger partial charge on any atom is 0.263 e. The third-order valence-electron chi connectivity index (χ3n) is 3.05. The molecule has 1 aromatic heterocycles. The minimum absolute atomic E-state index is 0.0539. The van der Waals surface area contributed by atoms with Crippen LogP contribution in [0.15, 0.2) is 65.7 Å². The number of nitrogen functional groups attached to an aromatic ring is 1. The molecule has 0 fully saturated rings. The Bertz CT molecular complexity index is 907. The molecule has 0 radical (unpaired) electrons. The number of anilines is 2. The quantitative estimate of drug-likeness (QED) is 0.728. The molecule has 6 heteroatoms. The van der Waals surface area contributed by atoms with Gasteiger partial charge in [0.05, 0.1) is 23.1 Å². The molecule has 0 atom stereocenters. The zero-order chi connectivity index (χ0) is 14.9. The van der Waals surface area contributed by atoms with E-state index in [1.807, 2.05) is 24.3 Å². The molecule has 0 aliphatic carbocycles. The molecule has 0 aliphatic heterocycles. The van der Waals surface area contributed by atoms with Crippen molar-refractivity contribution in [2.45, 2.75) is 4.90 Å². The largest absolute Gasteiger partial charge is 0.398 e. The maximum absolute atomic E-state index is 12.3. The lowest BCUT2D eigenvalue weighted by Gasteiger charge is -2.10. The Labute approximate surface area is 122 Å². The van der Waals surface area contributed by atoms with Crippen LogP contribution in [0, 0.1) is 0 Å². The predicted molar refractivity (Wildman–Crippen MR) is 83.4 cm³/mol. The molecule has 1 heterocycles. The molecule has 2 aromatic carbocycles. The van der Waals surface area contributed by atoms with Gasteiger partial charge in [0.15, 0.2) is 0 Å². The van der Waals surface area contributed by atoms with Gasteiger partial charge in [-0.1, -0.05) is 30.3 Å². The molecule has 3 aromatic rings. The van der Waals surface area contributed by atoms with Crippen molar-refractivity contribution in [3.63, 3.8) is 0 Å². The van der Waals surface area contributed by atoms with E-state index in [9.17, 15) is 8.42 Å². The highest BCUT2D eigenvalue weighted by Crippen LogP contribution is 2.22. The van der Waals surface area contributed by atoms with Gasteiger partial charge in [-0.15, -0.1) is 0 Å². The third-order valence-corrected chi connectivity index (χ3v) is 4.51. The summed E-state index contributed by atoms with van der Waals surface area (Å²) in [6.07, 6.45) is 1.49. The second-order valence-electron chi connectivity index (χ2n) is 4.56. The summed E-state index contributed by atoms with van der Waals surface area (Å²) in [5.41, 5.74) is 7.13. The first-order valence-corrected chi connectivity index (χ1v) is 7.77. The summed E-state index contributed by atoms with van der Waals surface area (Å²) in [7, 11) is -3.73. The molecule has 0 aliphatic rings. The van der Waals surface area contributed by atoms with Gasteiger partial charge in [-0.3, -0.25) is 9.71 Å². The average Bonchev–Trinajstić information content (AvgIpc) is 2.47. The van der Waals surface area contributed by atoms with E-state index in [0.717, 1.165) is 10.9 Å². The lowest BCUT2D eigenvalue weighted by Crippen LogP contribution is -2.14. The van der Waals surface area contributed by atoms with Crippen molar-refractivity contribution < 1.29 is 8.42 Å². The van der Waals surface area contributed by atoms with Crippen molar-refractivity contribution in [3.05, 3.63) is 60.8 Å². The van der Waals surface area contributed by atoms with Gasteiger partial charge in [-0.05, 0) is 24.3 Å². The molecular weight excluding hydrogens is 286 g/mol.